The first-order valence-electron chi connectivity index (χ1n) is 9.19. The number of ketones is 1. The fraction of sp³-hybridized carbons (Fsp3) is 0.476. The van der Waals surface area contributed by atoms with Crippen LogP contribution in [0.2, 0.25) is 0 Å². The van der Waals surface area contributed by atoms with E-state index >= 15 is 0 Å². The highest BCUT2D eigenvalue weighted by molar-refractivity contribution is 5.92. The summed E-state index contributed by atoms with van der Waals surface area (Å²) in [6.45, 7) is 2.06. The number of carbonyl (C=O) groups excluding carboxylic acids is 3. The van der Waals surface area contributed by atoms with Gasteiger partial charge in [0.2, 0.25) is 0 Å². The number of cyclic esters (lactones) is 1. The van der Waals surface area contributed by atoms with Gasteiger partial charge in [-0.15, -0.1) is 0 Å². The van der Waals surface area contributed by atoms with Gasteiger partial charge in [-0.05, 0) is 37.3 Å². The van der Waals surface area contributed by atoms with Crippen LogP contribution in [0.3, 0.4) is 0 Å². The van der Waals surface area contributed by atoms with Crippen LogP contribution in [0.25, 0.3) is 0 Å². The molecule has 0 radical (unpaired) electrons. The number of hydrogen-bond acceptors (Lipinski definition) is 5. The van der Waals surface area contributed by atoms with Gasteiger partial charge in [-0.25, -0.2) is 0 Å². The number of rotatable bonds is 3. The van der Waals surface area contributed by atoms with Gasteiger partial charge in [0.05, 0.1) is 11.8 Å². The summed E-state index contributed by atoms with van der Waals surface area (Å²) >= 11 is 0. The largest absolute Gasteiger partial charge is 0.462 e. The Morgan fingerprint density at radius 2 is 1.96 bits per heavy atom. The summed E-state index contributed by atoms with van der Waals surface area (Å²) in [5.74, 6) is -1.48. The van der Waals surface area contributed by atoms with Crippen molar-refractivity contribution < 1.29 is 23.9 Å². The fourth-order valence-electron chi connectivity index (χ4n) is 4.75. The molecule has 0 bridgehead atoms. The Balaban J connectivity index is 1.60. The lowest BCUT2D eigenvalue weighted by Gasteiger charge is -2.40. The molecular weight excluding hydrogens is 332 g/mol. The van der Waals surface area contributed by atoms with Gasteiger partial charge >= 0.3 is 11.9 Å². The van der Waals surface area contributed by atoms with Crippen molar-refractivity contribution in [1.29, 1.82) is 0 Å². The van der Waals surface area contributed by atoms with Gasteiger partial charge in [-0.1, -0.05) is 35.9 Å². The molecule has 136 valence electrons. The van der Waals surface area contributed by atoms with Crippen molar-refractivity contribution in [2.24, 2.45) is 23.7 Å². The van der Waals surface area contributed by atoms with Crippen molar-refractivity contribution in [3.05, 3.63) is 47.5 Å². The number of esters is 2. The lowest BCUT2D eigenvalue weighted by molar-refractivity contribution is -0.156. The van der Waals surface area contributed by atoms with Crippen LogP contribution in [0.1, 0.15) is 31.7 Å². The molecule has 5 heteroatoms. The van der Waals surface area contributed by atoms with Crippen LogP contribution in [-0.2, 0) is 30.5 Å². The quantitative estimate of drug-likeness (QED) is 0.781. The zero-order chi connectivity index (χ0) is 18.3. The molecule has 0 amide bonds. The monoisotopic (exact) mass is 354 g/mol. The molecular formula is C21H22O5. The zero-order valence-electron chi connectivity index (χ0n) is 14.7. The predicted molar refractivity (Wildman–Crippen MR) is 92.7 cm³/mol. The van der Waals surface area contributed by atoms with E-state index in [0.717, 1.165) is 11.1 Å². The molecule has 1 saturated carbocycles. The van der Waals surface area contributed by atoms with Crippen LogP contribution < -0.4 is 0 Å². The normalized spacial score (nSPS) is 33.0. The molecule has 1 aromatic rings. The number of carbonyl (C=O) groups is 3. The maximum atomic E-state index is 13.0. The maximum Gasteiger partial charge on any atom is 0.310 e. The zero-order valence-corrected chi connectivity index (χ0v) is 14.7. The summed E-state index contributed by atoms with van der Waals surface area (Å²) in [5, 5.41) is 0. The van der Waals surface area contributed by atoms with Crippen LogP contribution in [0, 0.1) is 23.7 Å². The van der Waals surface area contributed by atoms with Gasteiger partial charge in [-0.3, -0.25) is 14.4 Å². The van der Waals surface area contributed by atoms with Crippen LogP contribution in [0.4, 0.5) is 0 Å². The van der Waals surface area contributed by atoms with E-state index in [0.29, 0.717) is 19.3 Å². The Hall–Kier alpha value is -2.43. The van der Waals surface area contributed by atoms with E-state index in [9.17, 15) is 14.4 Å². The minimum atomic E-state index is -0.432. The van der Waals surface area contributed by atoms with E-state index in [1.54, 1.807) is 6.08 Å². The Labute approximate surface area is 152 Å². The van der Waals surface area contributed by atoms with E-state index in [2.05, 4.69) is 0 Å². The predicted octanol–water partition coefficient (Wildman–Crippen LogP) is 2.83. The molecule has 0 spiro atoms. The molecule has 1 aromatic carbocycles. The first kappa shape index (κ1) is 17.0. The van der Waals surface area contributed by atoms with Crippen molar-refractivity contribution >= 4 is 17.7 Å². The lowest BCUT2D eigenvalue weighted by atomic mass is 9.61. The van der Waals surface area contributed by atoms with E-state index in [4.69, 9.17) is 9.47 Å². The second-order valence-electron chi connectivity index (χ2n) is 7.48. The highest BCUT2D eigenvalue weighted by Gasteiger charge is 2.56. The van der Waals surface area contributed by atoms with E-state index in [-0.39, 0.29) is 48.2 Å². The summed E-state index contributed by atoms with van der Waals surface area (Å²) in [4.78, 5) is 37.1. The molecule has 0 aromatic heterocycles. The molecule has 3 aliphatic rings. The first-order valence-corrected chi connectivity index (χ1v) is 9.19. The average molecular weight is 354 g/mol. The minimum absolute atomic E-state index is 0.0332. The highest BCUT2D eigenvalue weighted by atomic mass is 16.6. The Kier molecular flexibility index (Phi) is 4.39. The van der Waals surface area contributed by atoms with Gasteiger partial charge in [0, 0.05) is 12.3 Å². The van der Waals surface area contributed by atoms with Crippen LogP contribution in [0.15, 0.2) is 42.0 Å². The Morgan fingerprint density at radius 1 is 1.19 bits per heavy atom. The Morgan fingerprint density at radius 3 is 2.73 bits per heavy atom. The maximum absolute atomic E-state index is 13.0. The molecule has 4 rings (SSSR count). The van der Waals surface area contributed by atoms with Crippen LogP contribution in [0.5, 0.6) is 0 Å². The molecule has 26 heavy (non-hydrogen) atoms. The molecule has 5 nitrogen and oxygen atoms in total. The van der Waals surface area contributed by atoms with Gasteiger partial charge in [0.25, 0.3) is 0 Å². The second-order valence-corrected chi connectivity index (χ2v) is 7.48. The van der Waals surface area contributed by atoms with Crippen molar-refractivity contribution in [2.45, 2.75) is 38.9 Å². The number of hydrogen-bond donors (Lipinski definition) is 0. The summed E-state index contributed by atoms with van der Waals surface area (Å²) < 4.78 is 11.0. The number of fused-ring (bicyclic) bond motifs is 2. The van der Waals surface area contributed by atoms with E-state index < -0.39 is 5.92 Å². The van der Waals surface area contributed by atoms with Crippen LogP contribution >= 0.6 is 0 Å². The Bertz CT molecular complexity index is 766. The molecule has 2 aliphatic carbocycles. The molecule has 5 atom stereocenters. The summed E-state index contributed by atoms with van der Waals surface area (Å²) in [7, 11) is 0. The third-order valence-corrected chi connectivity index (χ3v) is 5.94. The van der Waals surface area contributed by atoms with Gasteiger partial charge in [0.1, 0.15) is 12.7 Å². The van der Waals surface area contributed by atoms with Crippen molar-refractivity contribution in [3.8, 4) is 0 Å². The lowest BCUT2D eigenvalue weighted by Crippen LogP contribution is -2.44. The summed E-state index contributed by atoms with van der Waals surface area (Å²) in [5.41, 5.74) is 1.84. The van der Waals surface area contributed by atoms with Crippen molar-refractivity contribution in [1.82, 2.24) is 0 Å². The summed E-state index contributed by atoms with van der Waals surface area (Å²) in [6.07, 6.45) is 2.93. The number of allylic oxidation sites excluding steroid dienone is 2. The molecule has 2 fully saturated rings. The van der Waals surface area contributed by atoms with E-state index in [1.807, 2.05) is 37.3 Å². The fourth-order valence-corrected chi connectivity index (χ4v) is 4.75. The van der Waals surface area contributed by atoms with Gasteiger partial charge in [-0.2, -0.15) is 0 Å². The van der Waals surface area contributed by atoms with Crippen LogP contribution in [-0.4, -0.2) is 23.8 Å². The van der Waals surface area contributed by atoms with E-state index in [1.165, 1.54) is 0 Å². The molecule has 0 N–H and O–H groups in total. The topological polar surface area (TPSA) is 69.7 Å². The number of ether oxygens (including phenoxy) is 2. The second kappa shape index (κ2) is 6.71. The van der Waals surface area contributed by atoms with Crippen molar-refractivity contribution in [2.75, 3.05) is 0 Å². The SMILES string of the molecule is C[C@H]1OC(=O)[C@@H]2CC3=CC(=O)CC[C@H]3[C@H](C(=O)OCc3ccccc3)[C@H]12. The average Bonchev–Trinajstić information content (AvgIpc) is 2.92. The van der Waals surface area contributed by atoms with Gasteiger partial charge in [0.15, 0.2) is 5.78 Å². The minimum Gasteiger partial charge on any atom is -0.462 e. The molecule has 0 unspecified atom stereocenters. The van der Waals surface area contributed by atoms with Gasteiger partial charge < -0.3 is 9.47 Å². The molecule has 1 heterocycles. The highest BCUT2D eigenvalue weighted by Crippen LogP contribution is 2.51. The standard InChI is InChI=1S/C21H22O5/c1-12-18-17(20(23)26-12)10-14-9-15(22)7-8-16(14)19(18)21(24)25-11-13-5-3-2-4-6-13/h2-6,9,12,16-19H,7-8,10-11H2,1H3/t12-,16-,17-,18-,19+/m1/s1. The number of benzene rings is 1. The third-order valence-electron chi connectivity index (χ3n) is 5.94. The smallest absolute Gasteiger partial charge is 0.310 e. The first-order chi connectivity index (χ1) is 12.5. The molecule has 1 aliphatic heterocycles. The summed E-state index contributed by atoms with van der Waals surface area (Å²) in [6, 6.07) is 9.53. The molecule has 1 saturated heterocycles. The van der Waals surface area contributed by atoms with Crippen molar-refractivity contribution in [3.63, 3.8) is 0 Å². The third kappa shape index (κ3) is 2.96.